The molecule has 1 heterocycles. The first kappa shape index (κ1) is 17.2. The van der Waals surface area contributed by atoms with Gasteiger partial charge in [-0.05, 0) is 18.6 Å². The topological polar surface area (TPSA) is 49.9 Å². The van der Waals surface area contributed by atoms with E-state index in [4.69, 9.17) is 4.74 Å². The molecule has 0 atom stereocenters. The van der Waals surface area contributed by atoms with Crippen LogP contribution in [0.4, 0.5) is 4.39 Å². The van der Waals surface area contributed by atoms with Crippen LogP contribution >= 0.6 is 0 Å². The van der Waals surface area contributed by atoms with Gasteiger partial charge in [-0.1, -0.05) is 25.5 Å². The van der Waals surface area contributed by atoms with Crippen molar-refractivity contribution in [1.82, 2.24) is 9.80 Å². The third-order valence-corrected chi connectivity index (χ3v) is 3.92. The second-order valence-electron chi connectivity index (χ2n) is 5.58. The molecular weight excluding hydrogens is 299 g/mol. The van der Waals surface area contributed by atoms with Crippen LogP contribution in [0.1, 0.15) is 26.2 Å². The lowest BCUT2D eigenvalue weighted by Gasteiger charge is -2.34. The number of halogens is 1. The van der Waals surface area contributed by atoms with Crippen LogP contribution in [0, 0.1) is 5.82 Å². The number of para-hydroxylation sites is 1. The predicted octanol–water partition coefficient (Wildman–Crippen LogP) is 2.07. The zero-order valence-electron chi connectivity index (χ0n) is 13.5. The fraction of sp³-hybridized carbons (Fsp3) is 0.529. The molecule has 0 aromatic heterocycles. The van der Waals surface area contributed by atoms with Crippen LogP contribution in [0.5, 0.6) is 5.75 Å². The van der Waals surface area contributed by atoms with E-state index in [9.17, 15) is 14.0 Å². The van der Waals surface area contributed by atoms with E-state index in [-0.39, 0.29) is 24.2 Å². The Kier molecular flexibility index (Phi) is 6.38. The summed E-state index contributed by atoms with van der Waals surface area (Å²) < 4.78 is 18.7. The molecular formula is C17H23FN2O3. The first-order valence-corrected chi connectivity index (χ1v) is 8.04. The maximum atomic E-state index is 13.4. The Labute approximate surface area is 136 Å². The Bertz CT molecular complexity index is 542. The summed E-state index contributed by atoms with van der Waals surface area (Å²) in [5.41, 5.74) is 0. The van der Waals surface area contributed by atoms with E-state index in [1.165, 1.54) is 12.1 Å². The van der Waals surface area contributed by atoms with Crippen molar-refractivity contribution in [3.8, 4) is 5.75 Å². The second-order valence-corrected chi connectivity index (χ2v) is 5.58. The molecule has 2 amide bonds. The van der Waals surface area contributed by atoms with Gasteiger partial charge < -0.3 is 14.5 Å². The van der Waals surface area contributed by atoms with Crippen molar-refractivity contribution in [2.75, 3.05) is 32.8 Å². The van der Waals surface area contributed by atoms with Gasteiger partial charge in [-0.15, -0.1) is 0 Å². The van der Waals surface area contributed by atoms with Crippen LogP contribution in [0.25, 0.3) is 0 Å². The average molecular weight is 322 g/mol. The third kappa shape index (κ3) is 4.94. The monoisotopic (exact) mass is 322 g/mol. The molecule has 2 rings (SSSR count). The third-order valence-electron chi connectivity index (χ3n) is 3.92. The van der Waals surface area contributed by atoms with Gasteiger partial charge in [0.05, 0.1) is 0 Å². The molecule has 1 aromatic rings. The quantitative estimate of drug-likeness (QED) is 0.805. The number of nitrogens with zero attached hydrogens (tertiary/aromatic N) is 2. The normalized spacial score (nSPS) is 14.7. The summed E-state index contributed by atoms with van der Waals surface area (Å²) >= 11 is 0. The number of hydrogen-bond acceptors (Lipinski definition) is 3. The summed E-state index contributed by atoms with van der Waals surface area (Å²) in [5.74, 6) is -0.434. The summed E-state index contributed by atoms with van der Waals surface area (Å²) in [7, 11) is 0. The Morgan fingerprint density at radius 2 is 1.70 bits per heavy atom. The minimum Gasteiger partial charge on any atom is -0.481 e. The molecule has 1 saturated heterocycles. The molecule has 1 aliphatic heterocycles. The minimum absolute atomic E-state index is 0.0780. The molecule has 1 aliphatic rings. The lowest BCUT2D eigenvalue weighted by Crippen LogP contribution is -2.51. The van der Waals surface area contributed by atoms with Gasteiger partial charge in [0.1, 0.15) is 0 Å². The molecule has 1 aromatic carbocycles. The van der Waals surface area contributed by atoms with E-state index in [0.29, 0.717) is 32.6 Å². The predicted molar refractivity (Wildman–Crippen MR) is 84.6 cm³/mol. The number of hydrogen-bond donors (Lipinski definition) is 0. The van der Waals surface area contributed by atoms with Crippen LogP contribution in [0.15, 0.2) is 24.3 Å². The maximum absolute atomic E-state index is 13.4. The van der Waals surface area contributed by atoms with E-state index < -0.39 is 5.82 Å². The highest BCUT2D eigenvalue weighted by Crippen LogP contribution is 2.15. The number of benzene rings is 1. The number of carbonyl (C=O) groups excluding carboxylic acids is 2. The minimum atomic E-state index is -0.480. The summed E-state index contributed by atoms with van der Waals surface area (Å²) in [5, 5.41) is 0. The molecule has 1 fully saturated rings. The SMILES string of the molecule is CCCCC(=O)N1CCN(C(=O)COc2ccccc2F)CC1. The van der Waals surface area contributed by atoms with Gasteiger partial charge in [0.15, 0.2) is 18.2 Å². The molecule has 23 heavy (non-hydrogen) atoms. The van der Waals surface area contributed by atoms with Crippen molar-refractivity contribution >= 4 is 11.8 Å². The highest BCUT2D eigenvalue weighted by Gasteiger charge is 2.24. The molecule has 0 saturated carbocycles. The van der Waals surface area contributed by atoms with Crippen LogP contribution < -0.4 is 4.74 Å². The van der Waals surface area contributed by atoms with Gasteiger partial charge in [0.25, 0.3) is 5.91 Å². The lowest BCUT2D eigenvalue weighted by molar-refractivity contribution is -0.140. The fourth-order valence-electron chi connectivity index (χ4n) is 2.48. The van der Waals surface area contributed by atoms with Crippen LogP contribution in [0.2, 0.25) is 0 Å². The van der Waals surface area contributed by atoms with Crippen LogP contribution in [-0.4, -0.2) is 54.4 Å². The molecule has 0 aliphatic carbocycles. The van der Waals surface area contributed by atoms with Gasteiger partial charge in [-0.3, -0.25) is 9.59 Å². The van der Waals surface area contributed by atoms with Gasteiger partial charge in [-0.25, -0.2) is 4.39 Å². The van der Waals surface area contributed by atoms with Gasteiger partial charge >= 0.3 is 0 Å². The second kappa shape index (κ2) is 8.50. The van der Waals surface area contributed by atoms with Crippen molar-refractivity contribution in [3.63, 3.8) is 0 Å². The number of unbranched alkanes of at least 4 members (excludes halogenated alkanes) is 1. The van der Waals surface area contributed by atoms with E-state index >= 15 is 0 Å². The molecule has 0 radical (unpaired) electrons. The van der Waals surface area contributed by atoms with Crippen molar-refractivity contribution in [1.29, 1.82) is 0 Å². The highest BCUT2D eigenvalue weighted by atomic mass is 19.1. The number of ether oxygens (including phenoxy) is 1. The number of amides is 2. The number of rotatable bonds is 6. The van der Waals surface area contributed by atoms with Crippen LogP contribution in [-0.2, 0) is 9.59 Å². The van der Waals surface area contributed by atoms with E-state index in [2.05, 4.69) is 6.92 Å². The Morgan fingerprint density at radius 3 is 2.30 bits per heavy atom. The number of piperazine rings is 1. The largest absolute Gasteiger partial charge is 0.481 e. The van der Waals surface area contributed by atoms with Crippen molar-refractivity contribution < 1.29 is 18.7 Å². The molecule has 0 N–H and O–H groups in total. The first-order chi connectivity index (χ1) is 11.1. The number of carbonyl (C=O) groups is 2. The lowest BCUT2D eigenvalue weighted by atomic mass is 10.2. The Morgan fingerprint density at radius 1 is 1.09 bits per heavy atom. The van der Waals surface area contributed by atoms with E-state index in [0.717, 1.165) is 12.8 Å². The fourth-order valence-corrected chi connectivity index (χ4v) is 2.48. The molecule has 0 unspecified atom stereocenters. The Hall–Kier alpha value is -2.11. The Balaban J connectivity index is 1.75. The first-order valence-electron chi connectivity index (χ1n) is 8.04. The summed E-state index contributed by atoms with van der Waals surface area (Å²) in [6.45, 7) is 3.96. The zero-order chi connectivity index (χ0) is 16.7. The van der Waals surface area contributed by atoms with Crippen molar-refractivity contribution in [2.24, 2.45) is 0 Å². The smallest absolute Gasteiger partial charge is 0.260 e. The van der Waals surface area contributed by atoms with Crippen molar-refractivity contribution in [3.05, 3.63) is 30.1 Å². The van der Waals surface area contributed by atoms with E-state index in [1.807, 2.05) is 0 Å². The molecule has 126 valence electrons. The zero-order valence-corrected chi connectivity index (χ0v) is 13.5. The maximum Gasteiger partial charge on any atom is 0.260 e. The molecule has 6 heteroatoms. The van der Waals surface area contributed by atoms with Crippen LogP contribution in [0.3, 0.4) is 0 Å². The van der Waals surface area contributed by atoms with Crippen molar-refractivity contribution in [2.45, 2.75) is 26.2 Å². The van der Waals surface area contributed by atoms with Gasteiger partial charge in [-0.2, -0.15) is 0 Å². The average Bonchev–Trinajstić information content (AvgIpc) is 2.59. The van der Waals surface area contributed by atoms with Gasteiger partial charge in [0.2, 0.25) is 5.91 Å². The summed E-state index contributed by atoms with van der Waals surface area (Å²) in [4.78, 5) is 27.5. The molecule has 0 spiro atoms. The highest BCUT2D eigenvalue weighted by molar-refractivity contribution is 5.79. The molecule has 5 nitrogen and oxygen atoms in total. The summed E-state index contributed by atoms with van der Waals surface area (Å²) in [6, 6.07) is 6.01. The summed E-state index contributed by atoms with van der Waals surface area (Å²) in [6.07, 6.45) is 2.47. The van der Waals surface area contributed by atoms with Gasteiger partial charge in [0, 0.05) is 32.6 Å². The molecule has 0 bridgehead atoms. The standard InChI is InChI=1S/C17H23FN2O3/c1-2-3-8-16(21)19-9-11-20(12-10-19)17(22)13-23-15-7-5-4-6-14(15)18/h4-7H,2-3,8-13H2,1H3. The van der Waals surface area contributed by atoms with E-state index in [1.54, 1.807) is 21.9 Å².